The van der Waals surface area contributed by atoms with E-state index in [9.17, 15) is 4.79 Å². The van der Waals surface area contributed by atoms with Crippen molar-refractivity contribution in [3.05, 3.63) is 59.7 Å². The van der Waals surface area contributed by atoms with Crippen LogP contribution >= 0.6 is 23.5 Å². The van der Waals surface area contributed by atoms with Crippen LogP contribution in [0.3, 0.4) is 0 Å². The third kappa shape index (κ3) is 4.23. The van der Waals surface area contributed by atoms with Gasteiger partial charge >= 0.3 is 0 Å². The molecule has 0 radical (unpaired) electrons. The lowest BCUT2D eigenvalue weighted by Crippen LogP contribution is -2.40. The molecule has 2 aliphatic heterocycles. The molecule has 2 aromatic rings. The number of hydrogen-bond acceptors (Lipinski definition) is 5. The van der Waals surface area contributed by atoms with Gasteiger partial charge in [0.15, 0.2) is 0 Å². The molecular weight excluding hydrogens is 388 g/mol. The molecule has 0 saturated heterocycles. The van der Waals surface area contributed by atoms with E-state index in [4.69, 9.17) is 9.73 Å². The van der Waals surface area contributed by atoms with Crippen LogP contribution in [-0.2, 0) is 10.5 Å². The maximum absolute atomic E-state index is 13.1. The van der Waals surface area contributed by atoms with Crippen LogP contribution in [-0.4, -0.2) is 22.1 Å². The van der Waals surface area contributed by atoms with Crippen molar-refractivity contribution in [2.45, 2.75) is 37.3 Å². The minimum Gasteiger partial charge on any atom is -0.493 e. The van der Waals surface area contributed by atoms with Gasteiger partial charge in [0.2, 0.25) is 5.91 Å². The number of aliphatic imine (C=N–C) groups is 1. The Bertz CT molecular complexity index is 898. The van der Waals surface area contributed by atoms with Gasteiger partial charge < -0.3 is 10.1 Å². The topological polar surface area (TPSA) is 50.7 Å². The van der Waals surface area contributed by atoms with Gasteiger partial charge in [-0.1, -0.05) is 73.8 Å². The fourth-order valence-electron chi connectivity index (χ4n) is 3.42. The fraction of sp³-hybridized carbons (Fsp3) is 0.364. The average Bonchev–Trinajstić information content (AvgIpc) is 2.72. The number of benzene rings is 2. The molecule has 0 spiro atoms. The van der Waals surface area contributed by atoms with E-state index in [2.05, 4.69) is 25.2 Å². The molecule has 1 amide bonds. The van der Waals surface area contributed by atoms with Crippen molar-refractivity contribution >= 4 is 39.5 Å². The predicted molar refractivity (Wildman–Crippen MR) is 118 cm³/mol. The van der Waals surface area contributed by atoms with Crippen molar-refractivity contribution in [3.63, 3.8) is 0 Å². The van der Waals surface area contributed by atoms with E-state index in [1.165, 1.54) is 5.56 Å². The molecular formula is C22H24N2O2S2. The van der Waals surface area contributed by atoms with Crippen molar-refractivity contribution in [2.75, 3.05) is 6.61 Å². The number of fused-ring (bicyclic) bond motifs is 2. The Labute approximate surface area is 174 Å². The summed E-state index contributed by atoms with van der Waals surface area (Å²) in [6, 6.07) is 16.2. The van der Waals surface area contributed by atoms with Crippen LogP contribution in [0.2, 0.25) is 0 Å². The molecule has 4 rings (SSSR count). The Kier molecular flexibility index (Phi) is 5.97. The molecule has 0 saturated carbocycles. The number of amides is 1. The Morgan fingerprint density at radius 2 is 2.00 bits per heavy atom. The number of carbonyl (C=O) groups is 1. The lowest BCUT2D eigenvalue weighted by atomic mass is 10.00. The van der Waals surface area contributed by atoms with E-state index in [-0.39, 0.29) is 23.1 Å². The van der Waals surface area contributed by atoms with E-state index in [0.29, 0.717) is 6.61 Å². The van der Waals surface area contributed by atoms with Crippen LogP contribution in [0.4, 0.5) is 5.69 Å². The molecule has 1 N–H and O–H groups in total. The summed E-state index contributed by atoms with van der Waals surface area (Å²) in [5.41, 5.74) is 3.33. The normalized spacial score (nSPS) is 19.1. The first-order valence-electron chi connectivity index (χ1n) is 9.60. The molecule has 0 fully saturated rings. The van der Waals surface area contributed by atoms with Gasteiger partial charge in [0, 0.05) is 17.7 Å². The lowest BCUT2D eigenvalue weighted by Gasteiger charge is -2.29. The Hall–Kier alpha value is -1.92. The van der Waals surface area contributed by atoms with Gasteiger partial charge in [-0.15, -0.1) is 0 Å². The van der Waals surface area contributed by atoms with E-state index >= 15 is 0 Å². The van der Waals surface area contributed by atoms with Gasteiger partial charge in [0.05, 0.1) is 23.6 Å². The van der Waals surface area contributed by atoms with Gasteiger partial charge in [-0.05, 0) is 23.6 Å². The van der Waals surface area contributed by atoms with E-state index in [0.717, 1.165) is 33.5 Å². The van der Waals surface area contributed by atoms with Gasteiger partial charge in [-0.3, -0.25) is 4.79 Å². The van der Waals surface area contributed by atoms with Gasteiger partial charge in [0.1, 0.15) is 10.1 Å². The molecule has 0 unspecified atom stereocenters. The standard InChI is InChI=1S/C22H24N2O2S2/c1-14(2)20(28-22-24-17-9-5-3-7-15(17)13-27-22)21(25)23-18-11-12-26-19-10-6-4-8-16(18)19/h3-10,14,18,20H,11-13H2,1-2H3,(H,23,25)/t18-,20-/m1/s1. The number of rotatable bonds is 4. The second-order valence-corrected chi connectivity index (χ2v) is 9.67. The first-order valence-corrected chi connectivity index (χ1v) is 11.5. The Morgan fingerprint density at radius 1 is 1.21 bits per heavy atom. The zero-order chi connectivity index (χ0) is 19.5. The average molecular weight is 413 g/mol. The van der Waals surface area contributed by atoms with Crippen molar-refractivity contribution in [3.8, 4) is 5.75 Å². The Balaban J connectivity index is 1.48. The van der Waals surface area contributed by atoms with Gasteiger partial charge in [0.25, 0.3) is 0 Å². The first kappa shape index (κ1) is 19.4. The summed E-state index contributed by atoms with van der Waals surface area (Å²) in [7, 11) is 0. The highest BCUT2D eigenvalue weighted by Gasteiger charge is 2.30. The molecule has 2 aromatic carbocycles. The second kappa shape index (κ2) is 8.62. The van der Waals surface area contributed by atoms with Crippen molar-refractivity contribution in [1.29, 1.82) is 0 Å². The predicted octanol–water partition coefficient (Wildman–Crippen LogP) is 5.32. The van der Waals surface area contributed by atoms with Crippen LogP contribution in [0.5, 0.6) is 5.75 Å². The van der Waals surface area contributed by atoms with Gasteiger partial charge in [-0.25, -0.2) is 4.99 Å². The summed E-state index contributed by atoms with van der Waals surface area (Å²) in [6.07, 6.45) is 0.793. The van der Waals surface area contributed by atoms with Crippen molar-refractivity contribution < 1.29 is 9.53 Å². The maximum atomic E-state index is 13.1. The molecule has 6 heteroatoms. The third-order valence-electron chi connectivity index (χ3n) is 4.92. The maximum Gasteiger partial charge on any atom is 0.234 e. The number of para-hydroxylation sites is 2. The molecule has 0 aliphatic carbocycles. The van der Waals surface area contributed by atoms with Crippen LogP contribution in [0.25, 0.3) is 0 Å². The number of carbonyl (C=O) groups excluding carboxylic acids is 1. The van der Waals surface area contributed by atoms with E-state index in [1.807, 2.05) is 42.5 Å². The second-order valence-electron chi connectivity index (χ2n) is 7.31. The highest BCUT2D eigenvalue weighted by molar-refractivity contribution is 8.39. The van der Waals surface area contributed by atoms with Crippen molar-refractivity contribution in [2.24, 2.45) is 10.9 Å². The van der Waals surface area contributed by atoms with Crippen LogP contribution in [0.1, 0.15) is 37.4 Å². The van der Waals surface area contributed by atoms with Crippen LogP contribution in [0.15, 0.2) is 53.5 Å². The summed E-state index contributed by atoms with van der Waals surface area (Å²) in [6.45, 7) is 4.81. The zero-order valence-corrected chi connectivity index (χ0v) is 17.7. The summed E-state index contributed by atoms with van der Waals surface area (Å²) >= 11 is 3.30. The highest BCUT2D eigenvalue weighted by atomic mass is 32.2. The molecule has 28 heavy (non-hydrogen) atoms. The highest BCUT2D eigenvalue weighted by Crippen LogP contribution is 2.38. The monoisotopic (exact) mass is 412 g/mol. The summed E-state index contributed by atoms with van der Waals surface area (Å²) < 4.78 is 6.69. The summed E-state index contributed by atoms with van der Waals surface area (Å²) in [4.78, 5) is 17.9. The van der Waals surface area contributed by atoms with Gasteiger partial charge in [-0.2, -0.15) is 0 Å². The molecule has 146 valence electrons. The number of nitrogens with one attached hydrogen (secondary N) is 1. The summed E-state index contributed by atoms with van der Waals surface area (Å²) in [5, 5.41) is 3.09. The number of nitrogens with zero attached hydrogens (tertiary/aromatic N) is 1. The molecule has 0 bridgehead atoms. The first-order chi connectivity index (χ1) is 13.6. The number of hydrogen-bond donors (Lipinski definition) is 1. The molecule has 2 heterocycles. The SMILES string of the molecule is CC(C)[C@@H](SC1=Nc2ccccc2CS1)C(=O)N[C@@H]1CCOc2ccccc21. The fourth-order valence-corrected chi connectivity index (χ4v) is 5.68. The third-order valence-corrected chi connectivity index (χ3v) is 7.66. The smallest absolute Gasteiger partial charge is 0.234 e. The number of ether oxygens (including phenoxy) is 1. The van der Waals surface area contributed by atoms with Crippen molar-refractivity contribution in [1.82, 2.24) is 5.32 Å². The largest absolute Gasteiger partial charge is 0.493 e. The minimum absolute atomic E-state index is 0.000902. The summed E-state index contributed by atoms with van der Waals surface area (Å²) in [5.74, 6) is 2.06. The minimum atomic E-state index is -0.175. The van der Waals surface area contributed by atoms with E-state index in [1.54, 1.807) is 23.5 Å². The van der Waals surface area contributed by atoms with Crippen LogP contribution in [0, 0.1) is 5.92 Å². The number of thioether (sulfide) groups is 2. The lowest BCUT2D eigenvalue weighted by molar-refractivity contribution is -0.122. The van der Waals surface area contributed by atoms with Crippen LogP contribution < -0.4 is 10.1 Å². The Morgan fingerprint density at radius 3 is 2.86 bits per heavy atom. The molecule has 4 nitrogen and oxygen atoms in total. The van der Waals surface area contributed by atoms with E-state index < -0.39 is 0 Å². The molecule has 0 aromatic heterocycles. The quantitative estimate of drug-likeness (QED) is 0.738. The zero-order valence-electron chi connectivity index (χ0n) is 16.1. The molecule has 2 atom stereocenters. The molecule has 2 aliphatic rings.